The second kappa shape index (κ2) is 10.1. The van der Waals surface area contributed by atoms with Crippen LogP contribution in [0.25, 0.3) is 0 Å². The molecule has 0 radical (unpaired) electrons. The van der Waals surface area contributed by atoms with Crippen LogP contribution in [-0.2, 0) is 9.59 Å². The Balaban J connectivity index is 1.54. The van der Waals surface area contributed by atoms with E-state index in [0.717, 1.165) is 31.4 Å². The van der Waals surface area contributed by atoms with Crippen molar-refractivity contribution in [3.05, 3.63) is 54.6 Å². The molecule has 5 nitrogen and oxygen atoms in total. The third kappa shape index (κ3) is 6.08. The molecule has 1 aliphatic carbocycles. The lowest BCUT2D eigenvalue weighted by Crippen LogP contribution is -2.37. The summed E-state index contributed by atoms with van der Waals surface area (Å²) in [6, 6.07) is 17.0. The Bertz CT molecular complexity index is 812. The Morgan fingerprint density at radius 2 is 1.48 bits per heavy atom. The lowest BCUT2D eigenvalue weighted by Gasteiger charge is -2.27. The van der Waals surface area contributed by atoms with Gasteiger partial charge in [-0.3, -0.25) is 9.59 Å². The van der Waals surface area contributed by atoms with E-state index >= 15 is 0 Å². The molecule has 1 saturated carbocycles. The average molecular weight is 395 g/mol. The van der Waals surface area contributed by atoms with E-state index in [9.17, 15) is 9.59 Å². The summed E-state index contributed by atoms with van der Waals surface area (Å²) in [7, 11) is 0. The molecule has 0 heterocycles. The molecule has 0 unspecified atom stereocenters. The van der Waals surface area contributed by atoms with Gasteiger partial charge in [-0.25, -0.2) is 0 Å². The molecule has 5 heteroatoms. The summed E-state index contributed by atoms with van der Waals surface area (Å²) in [5, 5.41) is 6.03. The first-order valence-corrected chi connectivity index (χ1v) is 10.4. The predicted molar refractivity (Wildman–Crippen MR) is 115 cm³/mol. The molecular formula is C24H30N2O3. The highest BCUT2D eigenvalue weighted by molar-refractivity contribution is 5.94. The van der Waals surface area contributed by atoms with Gasteiger partial charge < -0.3 is 15.4 Å². The molecule has 1 fully saturated rings. The van der Waals surface area contributed by atoms with Crippen LogP contribution in [0.15, 0.2) is 54.6 Å². The van der Waals surface area contributed by atoms with Crippen LogP contribution in [-0.4, -0.2) is 18.4 Å². The van der Waals surface area contributed by atoms with E-state index in [1.54, 1.807) is 0 Å². The Labute approximate surface area is 172 Å². The fourth-order valence-electron chi connectivity index (χ4n) is 3.58. The molecule has 0 atom stereocenters. The van der Waals surface area contributed by atoms with Crippen molar-refractivity contribution in [3.63, 3.8) is 0 Å². The van der Waals surface area contributed by atoms with Crippen LogP contribution >= 0.6 is 0 Å². The summed E-state index contributed by atoms with van der Waals surface area (Å²) in [5.41, 5.74) is 0.665. The third-order valence-corrected chi connectivity index (χ3v) is 5.27. The van der Waals surface area contributed by atoms with Crippen LogP contribution in [0, 0.1) is 17.8 Å². The van der Waals surface area contributed by atoms with Crippen molar-refractivity contribution < 1.29 is 14.3 Å². The van der Waals surface area contributed by atoms with Gasteiger partial charge in [-0.1, -0.05) is 44.2 Å². The van der Waals surface area contributed by atoms with Crippen LogP contribution in [0.4, 0.5) is 5.69 Å². The molecule has 1 aliphatic rings. The summed E-state index contributed by atoms with van der Waals surface area (Å²) in [6.07, 6.45) is 2.97. The SMILES string of the molecule is CC(C)CNC(=O)C1CCC(C(=O)Nc2ccccc2Oc2ccccc2)CC1. The largest absolute Gasteiger partial charge is 0.455 e. The second-order valence-corrected chi connectivity index (χ2v) is 8.09. The number of rotatable bonds is 7. The number of hydrogen-bond donors (Lipinski definition) is 2. The molecule has 2 amide bonds. The van der Waals surface area contributed by atoms with E-state index in [1.165, 1.54) is 0 Å². The number of nitrogens with one attached hydrogen (secondary N) is 2. The summed E-state index contributed by atoms with van der Waals surface area (Å²) in [4.78, 5) is 25.1. The number of hydrogen-bond acceptors (Lipinski definition) is 3. The van der Waals surface area contributed by atoms with Crippen molar-refractivity contribution in [1.82, 2.24) is 5.32 Å². The molecule has 0 aromatic heterocycles. The van der Waals surface area contributed by atoms with E-state index in [1.807, 2.05) is 54.6 Å². The number of amides is 2. The molecular weight excluding hydrogens is 364 g/mol. The monoisotopic (exact) mass is 394 g/mol. The van der Waals surface area contributed by atoms with Crippen LogP contribution in [0.3, 0.4) is 0 Å². The number of carbonyl (C=O) groups excluding carboxylic acids is 2. The summed E-state index contributed by atoms with van der Waals surface area (Å²) >= 11 is 0. The summed E-state index contributed by atoms with van der Waals surface area (Å²) in [5.74, 6) is 1.85. The first kappa shape index (κ1) is 20.9. The number of benzene rings is 2. The number of ether oxygens (including phenoxy) is 1. The molecule has 29 heavy (non-hydrogen) atoms. The van der Waals surface area contributed by atoms with Gasteiger partial charge in [0.1, 0.15) is 5.75 Å². The maximum atomic E-state index is 12.8. The summed E-state index contributed by atoms with van der Waals surface area (Å²) < 4.78 is 5.92. The van der Waals surface area contributed by atoms with E-state index in [-0.39, 0.29) is 23.7 Å². The highest BCUT2D eigenvalue weighted by atomic mass is 16.5. The minimum absolute atomic E-state index is 0.00449. The van der Waals surface area contributed by atoms with E-state index < -0.39 is 0 Å². The zero-order valence-corrected chi connectivity index (χ0v) is 17.2. The van der Waals surface area contributed by atoms with E-state index in [0.29, 0.717) is 23.9 Å². The van der Waals surface area contributed by atoms with Gasteiger partial charge in [-0.2, -0.15) is 0 Å². The van der Waals surface area contributed by atoms with Crippen LogP contribution in [0.5, 0.6) is 11.5 Å². The zero-order chi connectivity index (χ0) is 20.6. The summed E-state index contributed by atoms with van der Waals surface area (Å²) in [6.45, 7) is 4.87. The smallest absolute Gasteiger partial charge is 0.227 e. The van der Waals surface area contributed by atoms with Gasteiger partial charge in [0.15, 0.2) is 5.75 Å². The fourth-order valence-corrected chi connectivity index (χ4v) is 3.58. The van der Waals surface area contributed by atoms with Crippen molar-refractivity contribution in [2.75, 3.05) is 11.9 Å². The van der Waals surface area contributed by atoms with Crippen LogP contribution in [0.1, 0.15) is 39.5 Å². The molecule has 0 aliphatic heterocycles. The quantitative estimate of drug-likeness (QED) is 0.695. The standard InChI is InChI=1S/C24H30N2O3/c1-17(2)16-25-23(27)18-12-14-19(15-13-18)24(28)26-21-10-6-7-11-22(21)29-20-8-4-3-5-9-20/h3-11,17-19H,12-16H2,1-2H3,(H,25,27)(H,26,28). The third-order valence-electron chi connectivity index (χ3n) is 5.27. The molecule has 154 valence electrons. The molecule has 0 spiro atoms. The minimum atomic E-state index is -0.0751. The molecule has 2 N–H and O–H groups in total. The average Bonchev–Trinajstić information content (AvgIpc) is 2.74. The Kier molecular flexibility index (Phi) is 7.28. The van der Waals surface area contributed by atoms with Gasteiger partial charge in [0.2, 0.25) is 11.8 Å². The van der Waals surface area contributed by atoms with Crippen molar-refractivity contribution in [2.45, 2.75) is 39.5 Å². The second-order valence-electron chi connectivity index (χ2n) is 8.09. The number of carbonyl (C=O) groups is 2. The van der Waals surface area contributed by atoms with Gasteiger partial charge in [0.05, 0.1) is 5.69 Å². The van der Waals surface area contributed by atoms with Crippen molar-refractivity contribution in [1.29, 1.82) is 0 Å². The van der Waals surface area contributed by atoms with Gasteiger partial charge >= 0.3 is 0 Å². The Morgan fingerprint density at radius 1 is 0.897 bits per heavy atom. The topological polar surface area (TPSA) is 67.4 Å². The van der Waals surface area contributed by atoms with Crippen molar-refractivity contribution in [3.8, 4) is 11.5 Å². The van der Waals surface area contributed by atoms with E-state index in [2.05, 4.69) is 24.5 Å². The van der Waals surface area contributed by atoms with Gasteiger partial charge in [-0.15, -0.1) is 0 Å². The number of anilines is 1. The van der Waals surface area contributed by atoms with E-state index in [4.69, 9.17) is 4.74 Å². The van der Waals surface area contributed by atoms with Gasteiger partial charge in [0.25, 0.3) is 0 Å². The van der Waals surface area contributed by atoms with Crippen LogP contribution in [0.2, 0.25) is 0 Å². The minimum Gasteiger partial charge on any atom is -0.455 e. The van der Waals surface area contributed by atoms with Crippen molar-refractivity contribution >= 4 is 17.5 Å². The molecule has 0 saturated heterocycles. The molecule has 2 aromatic rings. The first-order valence-electron chi connectivity index (χ1n) is 10.4. The molecule has 2 aromatic carbocycles. The van der Waals surface area contributed by atoms with Gasteiger partial charge in [-0.05, 0) is 55.9 Å². The van der Waals surface area contributed by atoms with Gasteiger partial charge in [0, 0.05) is 18.4 Å². The van der Waals surface area contributed by atoms with Crippen LogP contribution < -0.4 is 15.4 Å². The first-order chi connectivity index (χ1) is 14.0. The van der Waals surface area contributed by atoms with Crippen molar-refractivity contribution in [2.24, 2.45) is 17.8 Å². The lowest BCUT2D eigenvalue weighted by molar-refractivity contribution is -0.128. The Hall–Kier alpha value is -2.82. The predicted octanol–water partition coefficient (Wildman–Crippen LogP) is 5.00. The molecule has 3 rings (SSSR count). The highest BCUT2D eigenvalue weighted by Gasteiger charge is 2.30. The molecule has 0 bridgehead atoms. The lowest BCUT2D eigenvalue weighted by atomic mass is 9.81. The highest BCUT2D eigenvalue weighted by Crippen LogP contribution is 2.33. The maximum absolute atomic E-state index is 12.8. The zero-order valence-electron chi connectivity index (χ0n) is 17.2. The normalized spacial score (nSPS) is 18.9. The maximum Gasteiger partial charge on any atom is 0.227 e. The fraction of sp³-hybridized carbons (Fsp3) is 0.417. The number of para-hydroxylation sites is 3. The Morgan fingerprint density at radius 3 is 2.14 bits per heavy atom.